The van der Waals surface area contributed by atoms with Gasteiger partial charge in [0.15, 0.2) is 0 Å². The van der Waals surface area contributed by atoms with Gasteiger partial charge >= 0.3 is 6.03 Å². The highest BCUT2D eigenvalue weighted by molar-refractivity contribution is 5.89. The first-order valence-corrected chi connectivity index (χ1v) is 11.5. The molecule has 2 aliphatic rings. The summed E-state index contributed by atoms with van der Waals surface area (Å²) in [5.74, 6) is 0.461. The van der Waals surface area contributed by atoms with Crippen LogP contribution in [0.1, 0.15) is 23.6 Å². The van der Waals surface area contributed by atoms with Crippen molar-refractivity contribution in [3.8, 4) is 11.1 Å². The predicted octanol–water partition coefficient (Wildman–Crippen LogP) is 4.54. The largest absolute Gasteiger partial charge is 0.378 e. The van der Waals surface area contributed by atoms with Crippen LogP contribution in [0.2, 0.25) is 0 Å². The Bertz CT molecular complexity index is 1230. The highest BCUT2D eigenvalue weighted by Gasteiger charge is 2.36. The van der Waals surface area contributed by atoms with Gasteiger partial charge in [0.1, 0.15) is 0 Å². The van der Waals surface area contributed by atoms with Gasteiger partial charge in [-0.2, -0.15) is 0 Å². The molecule has 1 saturated heterocycles. The summed E-state index contributed by atoms with van der Waals surface area (Å²) >= 11 is 0. The first-order valence-electron chi connectivity index (χ1n) is 11.5. The van der Waals surface area contributed by atoms with Crippen molar-refractivity contribution in [2.45, 2.75) is 25.8 Å². The molecule has 1 N–H and O–H groups in total. The average Bonchev–Trinajstić information content (AvgIpc) is 2.81. The van der Waals surface area contributed by atoms with Crippen LogP contribution in [0.4, 0.5) is 16.2 Å². The summed E-state index contributed by atoms with van der Waals surface area (Å²) in [6, 6.07) is 19.9. The molecule has 0 spiro atoms. The SMILES string of the molecule is Cc1ccc(NC(=O)N2C[C@@H]3C[C@H](C2)c2ccc(-c4ccc(N(C)C)cc4)c(=O)n2C3)cc1. The lowest BCUT2D eigenvalue weighted by Crippen LogP contribution is -2.50. The molecule has 2 aliphatic heterocycles. The van der Waals surface area contributed by atoms with Crippen molar-refractivity contribution in [1.82, 2.24) is 9.47 Å². The lowest BCUT2D eigenvalue weighted by molar-refractivity contribution is 0.139. The number of nitrogens with one attached hydrogen (secondary N) is 1. The number of nitrogens with zero attached hydrogens (tertiary/aromatic N) is 3. The molecule has 2 bridgehead atoms. The number of benzene rings is 2. The van der Waals surface area contributed by atoms with Gasteiger partial charge in [-0.1, -0.05) is 29.8 Å². The lowest BCUT2D eigenvalue weighted by Gasteiger charge is -2.42. The molecule has 1 aromatic heterocycles. The predicted molar refractivity (Wildman–Crippen MR) is 133 cm³/mol. The fourth-order valence-corrected chi connectivity index (χ4v) is 5.11. The Labute approximate surface area is 194 Å². The number of likely N-dealkylation sites (tertiary alicyclic amines) is 1. The standard InChI is InChI=1S/C27H30N4O2/c1-18-4-8-22(9-5-18)28-27(33)30-15-19-14-21(17-30)25-13-12-24(26(32)31(25)16-19)20-6-10-23(11-7-20)29(2)3/h4-13,19,21H,14-17H2,1-3H3,(H,28,33)/t19-,21+/m0/s1. The van der Waals surface area contributed by atoms with Crippen molar-refractivity contribution in [2.75, 3.05) is 37.4 Å². The zero-order valence-electron chi connectivity index (χ0n) is 19.4. The molecule has 2 amide bonds. The molecule has 170 valence electrons. The van der Waals surface area contributed by atoms with Crippen LogP contribution in [0.25, 0.3) is 11.1 Å². The second-order valence-corrected chi connectivity index (χ2v) is 9.53. The zero-order valence-corrected chi connectivity index (χ0v) is 19.4. The number of hydrogen-bond acceptors (Lipinski definition) is 3. The Kier molecular flexibility index (Phi) is 5.44. The van der Waals surface area contributed by atoms with Crippen molar-refractivity contribution in [1.29, 1.82) is 0 Å². The zero-order chi connectivity index (χ0) is 23.1. The second kappa shape index (κ2) is 8.43. The molecule has 1 fully saturated rings. The van der Waals surface area contributed by atoms with Crippen LogP contribution in [0.3, 0.4) is 0 Å². The minimum absolute atomic E-state index is 0.0670. The molecule has 0 unspecified atom stereocenters. The van der Waals surface area contributed by atoms with Gasteiger partial charge in [-0.25, -0.2) is 4.79 Å². The van der Waals surface area contributed by atoms with Crippen LogP contribution >= 0.6 is 0 Å². The maximum atomic E-state index is 13.4. The Morgan fingerprint density at radius 3 is 2.36 bits per heavy atom. The van der Waals surface area contributed by atoms with E-state index in [0.29, 0.717) is 19.6 Å². The van der Waals surface area contributed by atoms with Crippen molar-refractivity contribution in [3.63, 3.8) is 0 Å². The molecule has 0 aliphatic carbocycles. The van der Waals surface area contributed by atoms with Gasteiger partial charge in [0.05, 0.1) is 0 Å². The maximum absolute atomic E-state index is 13.4. The van der Waals surface area contributed by atoms with Crippen molar-refractivity contribution in [2.24, 2.45) is 5.92 Å². The number of rotatable bonds is 3. The van der Waals surface area contributed by atoms with E-state index in [2.05, 4.69) is 11.4 Å². The molecule has 5 rings (SSSR count). The first-order chi connectivity index (χ1) is 15.9. The summed E-state index contributed by atoms with van der Waals surface area (Å²) in [6.45, 7) is 3.98. The molecule has 2 aromatic carbocycles. The van der Waals surface area contributed by atoms with E-state index in [1.807, 2.05) is 90.0 Å². The van der Waals surface area contributed by atoms with Gasteiger partial charge in [-0.3, -0.25) is 4.79 Å². The minimum atomic E-state index is -0.0676. The Hall–Kier alpha value is -3.54. The molecule has 0 radical (unpaired) electrons. The molecular formula is C27H30N4O2. The van der Waals surface area contributed by atoms with Crippen molar-refractivity contribution >= 4 is 17.4 Å². The van der Waals surface area contributed by atoms with Gasteiger partial charge in [0, 0.05) is 62.3 Å². The van der Waals surface area contributed by atoms with Gasteiger partial charge in [-0.15, -0.1) is 0 Å². The molecule has 33 heavy (non-hydrogen) atoms. The topological polar surface area (TPSA) is 57.6 Å². The van der Waals surface area contributed by atoms with E-state index < -0.39 is 0 Å². The lowest BCUT2D eigenvalue weighted by atomic mass is 9.83. The first kappa shape index (κ1) is 21.3. The normalized spacial score (nSPS) is 19.1. The van der Waals surface area contributed by atoms with E-state index in [0.717, 1.165) is 40.2 Å². The monoisotopic (exact) mass is 442 g/mol. The summed E-state index contributed by atoms with van der Waals surface area (Å²) < 4.78 is 1.95. The second-order valence-electron chi connectivity index (χ2n) is 9.53. The number of urea groups is 1. The van der Waals surface area contributed by atoms with Gasteiger partial charge in [0.2, 0.25) is 0 Å². The number of carbonyl (C=O) groups is 1. The van der Waals surface area contributed by atoms with E-state index in [4.69, 9.17) is 0 Å². The van der Waals surface area contributed by atoms with Crippen LogP contribution in [0.15, 0.2) is 65.5 Å². The Morgan fingerprint density at radius 1 is 0.939 bits per heavy atom. The van der Waals surface area contributed by atoms with E-state index in [1.54, 1.807) is 0 Å². The third-order valence-corrected chi connectivity index (χ3v) is 6.89. The van der Waals surface area contributed by atoms with Crippen LogP contribution in [-0.2, 0) is 6.54 Å². The Balaban J connectivity index is 1.37. The summed E-state index contributed by atoms with van der Waals surface area (Å²) in [5.41, 5.74) is 5.86. The fourth-order valence-electron chi connectivity index (χ4n) is 5.11. The number of anilines is 2. The molecule has 6 nitrogen and oxygen atoms in total. The van der Waals surface area contributed by atoms with Crippen LogP contribution < -0.4 is 15.8 Å². The number of amides is 2. The minimum Gasteiger partial charge on any atom is -0.378 e. The number of pyridine rings is 1. The van der Waals surface area contributed by atoms with Crippen LogP contribution in [-0.4, -0.2) is 42.7 Å². The Morgan fingerprint density at radius 2 is 1.67 bits per heavy atom. The fraction of sp³-hybridized carbons (Fsp3) is 0.333. The molecule has 0 saturated carbocycles. The highest BCUT2D eigenvalue weighted by Crippen LogP contribution is 2.36. The summed E-state index contributed by atoms with van der Waals surface area (Å²) in [7, 11) is 4.01. The van der Waals surface area contributed by atoms with Crippen molar-refractivity contribution < 1.29 is 4.79 Å². The highest BCUT2D eigenvalue weighted by atomic mass is 16.2. The molecule has 3 aromatic rings. The van der Waals surface area contributed by atoms with Gasteiger partial charge in [0.25, 0.3) is 5.56 Å². The molecule has 3 heterocycles. The van der Waals surface area contributed by atoms with Gasteiger partial charge in [-0.05, 0) is 61.2 Å². The van der Waals surface area contributed by atoms with E-state index >= 15 is 0 Å². The number of carbonyl (C=O) groups excluding carboxylic acids is 1. The molecular weight excluding hydrogens is 412 g/mol. The van der Waals surface area contributed by atoms with Gasteiger partial charge < -0.3 is 19.7 Å². The summed E-state index contributed by atoms with van der Waals surface area (Å²) in [5, 5.41) is 3.02. The maximum Gasteiger partial charge on any atom is 0.321 e. The van der Waals surface area contributed by atoms with Crippen LogP contribution in [0.5, 0.6) is 0 Å². The van der Waals surface area contributed by atoms with Crippen molar-refractivity contribution in [3.05, 3.63) is 82.3 Å². The third-order valence-electron chi connectivity index (χ3n) is 6.89. The number of hydrogen-bond donors (Lipinski definition) is 1. The smallest absolute Gasteiger partial charge is 0.321 e. The molecule has 6 heteroatoms. The quantitative estimate of drug-likeness (QED) is 0.648. The third kappa shape index (κ3) is 4.13. The average molecular weight is 443 g/mol. The van der Waals surface area contributed by atoms with E-state index in [1.165, 1.54) is 0 Å². The van der Waals surface area contributed by atoms with E-state index in [9.17, 15) is 9.59 Å². The van der Waals surface area contributed by atoms with Crippen LogP contribution in [0, 0.1) is 12.8 Å². The number of aryl methyl sites for hydroxylation is 1. The summed E-state index contributed by atoms with van der Waals surface area (Å²) in [6.07, 6.45) is 1.02. The summed E-state index contributed by atoms with van der Waals surface area (Å²) in [4.78, 5) is 30.3. The number of piperidine rings is 1. The van der Waals surface area contributed by atoms with E-state index in [-0.39, 0.29) is 23.4 Å². The molecule has 2 atom stereocenters. The number of aromatic nitrogens is 1. The number of fused-ring (bicyclic) bond motifs is 4.